The molecular weight excluding hydrogens is 310 g/mol. The summed E-state index contributed by atoms with van der Waals surface area (Å²) >= 11 is 0. The van der Waals surface area contributed by atoms with Crippen LogP contribution >= 0.6 is 0 Å². The van der Waals surface area contributed by atoms with E-state index in [1.165, 1.54) is 25.9 Å². The van der Waals surface area contributed by atoms with Crippen LogP contribution in [0.5, 0.6) is 0 Å². The Bertz CT molecular complexity index is 697. The van der Waals surface area contributed by atoms with Crippen LogP contribution in [0.15, 0.2) is 15.7 Å². The van der Waals surface area contributed by atoms with E-state index in [1.54, 1.807) is 4.90 Å². The lowest BCUT2D eigenvalue weighted by Gasteiger charge is -2.51. The van der Waals surface area contributed by atoms with Crippen LogP contribution in [0.1, 0.15) is 23.3 Å². The van der Waals surface area contributed by atoms with Gasteiger partial charge < -0.3 is 14.8 Å². The summed E-state index contributed by atoms with van der Waals surface area (Å²) in [5.41, 5.74) is -1.12. The predicted molar refractivity (Wildman–Crippen MR) is 88.1 cm³/mol. The molecule has 0 saturated carbocycles. The lowest BCUT2D eigenvalue weighted by molar-refractivity contribution is -0.0131. The Hall–Kier alpha value is -1.93. The van der Waals surface area contributed by atoms with Crippen molar-refractivity contribution in [3.8, 4) is 0 Å². The number of carbonyl (C=O) groups is 1. The van der Waals surface area contributed by atoms with Crippen molar-refractivity contribution in [1.82, 2.24) is 24.7 Å². The summed E-state index contributed by atoms with van der Waals surface area (Å²) in [6.07, 6.45) is 2.58. The smallest absolute Gasteiger partial charge is 0.326 e. The molecule has 4 saturated heterocycles. The summed E-state index contributed by atoms with van der Waals surface area (Å²) in [4.78, 5) is 46.5. The molecule has 2 bridgehead atoms. The monoisotopic (exact) mass is 333 g/mol. The Labute approximate surface area is 139 Å². The van der Waals surface area contributed by atoms with Gasteiger partial charge in [-0.25, -0.2) is 4.79 Å². The second-order valence-electron chi connectivity index (χ2n) is 7.03. The molecule has 1 amide bonds. The Morgan fingerprint density at radius 1 is 1.00 bits per heavy atom. The van der Waals surface area contributed by atoms with Gasteiger partial charge in [0.05, 0.1) is 0 Å². The Kier molecular flexibility index (Phi) is 4.01. The number of hydrogen-bond donors (Lipinski definition) is 2. The molecule has 0 aromatic carbocycles. The van der Waals surface area contributed by atoms with Gasteiger partial charge in [-0.15, -0.1) is 0 Å². The van der Waals surface area contributed by atoms with Gasteiger partial charge in [-0.05, 0) is 31.8 Å². The van der Waals surface area contributed by atoms with Crippen molar-refractivity contribution >= 4 is 5.91 Å². The van der Waals surface area contributed by atoms with E-state index in [9.17, 15) is 14.4 Å². The average molecular weight is 333 g/mol. The zero-order valence-corrected chi connectivity index (χ0v) is 13.7. The van der Waals surface area contributed by atoms with Crippen molar-refractivity contribution in [2.75, 3.05) is 45.8 Å². The van der Waals surface area contributed by atoms with Crippen molar-refractivity contribution in [2.45, 2.75) is 18.9 Å². The highest BCUT2D eigenvalue weighted by atomic mass is 16.2. The van der Waals surface area contributed by atoms with Crippen molar-refractivity contribution in [3.05, 3.63) is 32.6 Å². The van der Waals surface area contributed by atoms with Gasteiger partial charge in [-0.2, -0.15) is 0 Å². The van der Waals surface area contributed by atoms with E-state index in [0.29, 0.717) is 19.1 Å². The number of carbonyl (C=O) groups excluding carboxylic acids is 1. The summed E-state index contributed by atoms with van der Waals surface area (Å²) < 4.78 is 0. The molecule has 0 radical (unpaired) electrons. The largest absolute Gasteiger partial charge is 0.335 e. The van der Waals surface area contributed by atoms with Crippen LogP contribution in [0.25, 0.3) is 0 Å². The van der Waals surface area contributed by atoms with E-state index < -0.39 is 11.2 Å². The number of piperazine rings is 1. The molecule has 4 fully saturated rings. The summed E-state index contributed by atoms with van der Waals surface area (Å²) in [5, 5.41) is 0. The number of fused-ring (bicyclic) bond motifs is 3. The van der Waals surface area contributed by atoms with Crippen LogP contribution in [0.4, 0.5) is 0 Å². The molecular formula is C16H23N5O3. The normalized spacial score (nSPS) is 30.5. The molecule has 24 heavy (non-hydrogen) atoms. The van der Waals surface area contributed by atoms with Gasteiger partial charge in [0, 0.05) is 44.8 Å². The maximum absolute atomic E-state index is 12.5. The first kappa shape index (κ1) is 15.6. The maximum atomic E-state index is 12.5. The van der Waals surface area contributed by atoms with E-state index in [2.05, 4.69) is 19.8 Å². The number of rotatable bonds is 2. The van der Waals surface area contributed by atoms with Crippen molar-refractivity contribution in [1.29, 1.82) is 0 Å². The van der Waals surface area contributed by atoms with Crippen LogP contribution in [0.3, 0.4) is 0 Å². The third-order valence-electron chi connectivity index (χ3n) is 5.68. The molecule has 8 nitrogen and oxygen atoms in total. The first-order chi connectivity index (χ1) is 11.6. The lowest BCUT2D eigenvalue weighted by Crippen LogP contribution is -2.61. The predicted octanol–water partition coefficient (Wildman–Crippen LogP) is -1.08. The molecule has 0 spiro atoms. The molecule has 1 atom stereocenters. The second-order valence-corrected chi connectivity index (χ2v) is 7.03. The molecule has 8 heteroatoms. The zero-order chi connectivity index (χ0) is 16.7. The average Bonchev–Trinajstić information content (AvgIpc) is 2.61. The van der Waals surface area contributed by atoms with E-state index in [1.807, 2.05) is 0 Å². The van der Waals surface area contributed by atoms with Crippen molar-refractivity contribution in [3.63, 3.8) is 0 Å². The Morgan fingerprint density at radius 2 is 1.71 bits per heavy atom. The highest BCUT2D eigenvalue weighted by Crippen LogP contribution is 2.31. The van der Waals surface area contributed by atoms with Gasteiger partial charge in [0.25, 0.3) is 11.5 Å². The van der Waals surface area contributed by atoms with Gasteiger partial charge in [0.15, 0.2) is 0 Å². The van der Waals surface area contributed by atoms with E-state index in [0.717, 1.165) is 31.6 Å². The van der Waals surface area contributed by atoms with Crippen LogP contribution in [-0.2, 0) is 0 Å². The molecule has 4 aliphatic rings. The molecule has 0 aliphatic carbocycles. The molecule has 1 unspecified atom stereocenters. The SMILES string of the molecule is O=C(c1cc(=O)[nH]c(=O)[nH]1)N1CCN(C2CN3CCC2CC3)CC1. The van der Waals surface area contributed by atoms with Crippen LogP contribution in [0.2, 0.25) is 0 Å². The number of amides is 1. The topological polar surface area (TPSA) is 92.5 Å². The van der Waals surface area contributed by atoms with Gasteiger partial charge in [-0.1, -0.05) is 0 Å². The zero-order valence-electron chi connectivity index (χ0n) is 13.7. The minimum Gasteiger partial charge on any atom is -0.335 e. The van der Waals surface area contributed by atoms with Gasteiger partial charge in [0.1, 0.15) is 5.69 Å². The van der Waals surface area contributed by atoms with Crippen LogP contribution in [0, 0.1) is 5.92 Å². The molecule has 1 aromatic heterocycles. The lowest BCUT2D eigenvalue weighted by atomic mass is 9.83. The first-order valence-corrected chi connectivity index (χ1v) is 8.69. The number of nitrogens with one attached hydrogen (secondary N) is 2. The minimum atomic E-state index is -0.642. The molecule has 4 aliphatic heterocycles. The quantitative estimate of drug-likeness (QED) is 0.718. The first-order valence-electron chi connectivity index (χ1n) is 8.69. The van der Waals surface area contributed by atoms with E-state index >= 15 is 0 Å². The van der Waals surface area contributed by atoms with Crippen molar-refractivity contribution in [2.24, 2.45) is 5.92 Å². The molecule has 130 valence electrons. The van der Waals surface area contributed by atoms with Gasteiger partial charge in [-0.3, -0.25) is 19.5 Å². The minimum absolute atomic E-state index is 0.0695. The number of piperidine rings is 3. The van der Waals surface area contributed by atoms with Crippen LogP contribution in [-0.4, -0.2) is 82.4 Å². The molecule has 2 N–H and O–H groups in total. The fourth-order valence-corrected chi connectivity index (χ4v) is 4.36. The molecule has 1 aromatic rings. The van der Waals surface area contributed by atoms with Gasteiger partial charge in [0.2, 0.25) is 0 Å². The Balaban J connectivity index is 1.40. The third-order valence-corrected chi connectivity index (χ3v) is 5.68. The maximum Gasteiger partial charge on any atom is 0.326 e. The van der Waals surface area contributed by atoms with Crippen molar-refractivity contribution < 1.29 is 4.79 Å². The fourth-order valence-electron chi connectivity index (χ4n) is 4.36. The number of nitrogens with zero attached hydrogens (tertiary/aromatic N) is 3. The summed E-state index contributed by atoms with van der Waals surface area (Å²) in [6, 6.07) is 1.77. The standard InChI is InChI=1S/C16H23N5O3/c22-14-9-12(17-16(24)18-14)15(23)21-7-5-20(6-8-21)13-10-19-3-1-11(13)2-4-19/h9,11,13H,1-8,10H2,(H2,17,18,22,24). The number of H-pyrrole nitrogens is 2. The third kappa shape index (κ3) is 2.91. The highest BCUT2D eigenvalue weighted by molar-refractivity contribution is 5.92. The fraction of sp³-hybridized carbons (Fsp3) is 0.688. The number of aromatic amines is 2. The van der Waals surface area contributed by atoms with Gasteiger partial charge >= 0.3 is 5.69 Å². The van der Waals surface area contributed by atoms with Crippen LogP contribution < -0.4 is 11.2 Å². The summed E-state index contributed by atoms with van der Waals surface area (Å²) in [7, 11) is 0. The number of aromatic nitrogens is 2. The summed E-state index contributed by atoms with van der Waals surface area (Å²) in [5.74, 6) is 0.521. The Morgan fingerprint density at radius 3 is 2.29 bits per heavy atom. The van der Waals surface area contributed by atoms with E-state index in [-0.39, 0.29) is 11.6 Å². The van der Waals surface area contributed by atoms with E-state index in [4.69, 9.17) is 0 Å². The molecule has 5 rings (SSSR count). The summed E-state index contributed by atoms with van der Waals surface area (Å²) in [6.45, 7) is 6.60. The number of hydrogen-bond acceptors (Lipinski definition) is 5. The highest BCUT2D eigenvalue weighted by Gasteiger charge is 2.38. The molecule has 5 heterocycles. The second kappa shape index (κ2) is 6.18.